The molecule has 0 atom stereocenters. The first kappa shape index (κ1) is 21.9. The average Bonchev–Trinajstić information content (AvgIpc) is 2.80. The van der Waals surface area contributed by atoms with E-state index in [9.17, 15) is 9.59 Å². The zero-order valence-corrected chi connectivity index (χ0v) is 19.0. The van der Waals surface area contributed by atoms with E-state index < -0.39 is 5.91 Å². The molecule has 32 heavy (non-hydrogen) atoms. The predicted octanol–water partition coefficient (Wildman–Crippen LogP) is 4.77. The Hall–Kier alpha value is -3.28. The van der Waals surface area contributed by atoms with Gasteiger partial charge in [-0.05, 0) is 48.6 Å². The standard InChI is InChI=1S/C26H30N4O2/c1-26(2,3)19-13-15-20(16-14-19)27-28-24(31)23-21-11-7-8-12-22(21)25(32)30(29-23)17-18-9-5-4-6-10-18/h4-12,19H,13-17H2,1-3H3,(H,28,31). The molecule has 6 heteroatoms. The molecule has 1 N–H and O–H groups in total. The van der Waals surface area contributed by atoms with Crippen molar-refractivity contribution in [2.45, 2.75) is 53.0 Å². The zero-order valence-electron chi connectivity index (χ0n) is 19.0. The summed E-state index contributed by atoms with van der Waals surface area (Å²) in [5.41, 5.74) is 4.95. The largest absolute Gasteiger partial charge is 0.292 e. The molecule has 1 heterocycles. The molecule has 166 valence electrons. The van der Waals surface area contributed by atoms with E-state index in [0.717, 1.165) is 37.0 Å². The fraction of sp³-hybridized carbons (Fsp3) is 0.385. The maximum atomic E-state index is 13.0. The smallest absolute Gasteiger partial charge is 0.267 e. The van der Waals surface area contributed by atoms with Gasteiger partial charge in [0.05, 0.1) is 11.9 Å². The third-order valence-electron chi connectivity index (χ3n) is 6.36. The molecule has 3 aromatic rings. The fourth-order valence-electron chi connectivity index (χ4n) is 4.38. The van der Waals surface area contributed by atoms with E-state index in [1.54, 1.807) is 24.3 Å². The van der Waals surface area contributed by atoms with Gasteiger partial charge in [0.2, 0.25) is 0 Å². The van der Waals surface area contributed by atoms with Gasteiger partial charge in [-0.15, -0.1) is 0 Å². The highest BCUT2D eigenvalue weighted by Gasteiger charge is 2.28. The maximum absolute atomic E-state index is 13.0. The number of carbonyl (C=O) groups is 1. The lowest BCUT2D eigenvalue weighted by atomic mass is 9.72. The Morgan fingerprint density at radius 1 is 1.03 bits per heavy atom. The third-order valence-corrected chi connectivity index (χ3v) is 6.36. The Morgan fingerprint density at radius 2 is 1.66 bits per heavy atom. The minimum atomic E-state index is -0.395. The molecule has 0 aliphatic heterocycles. The van der Waals surface area contributed by atoms with Gasteiger partial charge in [-0.1, -0.05) is 69.3 Å². The van der Waals surface area contributed by atoms with Gasteiger partial charge in [-0.25, -0.2) is 10.1 Å². The van der Waals surface area contributed by atoms with Gasteiger partial charge in [0.1, 0.15) is 0 Å². The average molecular weight is 431 g/mol. The highest BCUT2D eigenvalue weighted by molar-refractivity contribution is 6.05. The summed E-state index contributed by atoms with van der Waals surface area (Å²) in [6.45, 7) is 7.14. The number of amides is 1. The summed E-state index contributed by atoms with van der Waals surface area (Å²) >= 11 is 0. The lowest BCUT2D eigenvalue weighted by Gasteiger charge is -2.34. The maximum Gasteiger partial charge on any atom is 0.292 e. The molecule has 0 unspecified atom stereocenters. The van der Waals surface area contributed by atoms with Crippen LogP contribution in [-0.4, -0.2) is 21.4 Å². The van der Waals surface area contributed by atoms with Gasteiger partial charge in [0.15, 0.2) is 5.69 Å². The summed E-state index contributed by atoms with van der Waals surface area (Å²) in [7, 11) is 0. The van der Waals surface area contributed by atoms with Crippen molar-refractivity contribution < 1.29 is 4.79 Å². The molecule has 0 bridgehead atoms. The van der Waals surface area contributed by atoms with E-state index in [2.05, 4.69) is 36.4 Å². The van der Waals surface area contributed by atoms with Crippen molar-refractivity contribution in [2.75, 3.05) is 0 Å². The van der Waals surface area contributed by atoms with Crippen molar-refractivity contribution in [1.29, 1.82) is 0 Å². The predicted molar refractivity (Wildman–Crippen MR) is 128 cm³/mol. The summed E-state index contributed by atoms with van der Waals surface area (Å²) in [6.07, 6.45) is 3.95. The molecule has 2 aromatic carbocycles. The number of nitrogens with one attached hydrogen (secondary N) is 1. The van der Waals surface area contributed by atoms with Crippen LogP contribution in [0.5, 0.6) is 0 Å². The number of fused-ring (bicyclic) bond motifs is 1. The highest BCUT2D eigenvalue weighted by Crippen LogP contribution is 2.36. The number of hydrogen-bond donors (Lipinski definition) is 1. The van der Waals surface area contributed by atoms with Gasteiger partial charge < -0.3 is 0 Å². The van der Waals surface area contributed by atoms with Crippen LogP contribution in [-0.2, 0) is 6.54 Å². The second-order valence-electron chi connectivity index (χ2n) is 9.60. The Labute approximate surface area is 188 Å². The van der Waals surface area contributed by atoms with Crippen LogP contribution in [0.1, 0.15) is 62.5 Å². The molecule has 0 radical (unpaired) electrons. The number of benzene rings is 2. The van der Waals surface area contributed by atoms with Crippen LogP contribution in [0.25, 0.3) is 10.8 Å². The molecule has 1 fully saturated rings. The Morgan fingerprint density at radius 3 is 2.31 bits per heavy atom. The summed E-state index contributed by atoms with van der Waals surface area (Å²) < 4.78 is 1.36. The minimum absolute atomic E-state index is 0.212. The first-order valence-electron chi connectivity index (χ1n) is 11.2. The molecule has 1 aromatic heterocycles. The number of nitrogens with zero attached hydrogens (tertiary/aromatic N) is 3. The van der Waals surface area contributed by atoms with Gasteiger partial charge in [-0.2, -0.15) is 10.2 Å². The van der Waals surface area contributed by atoms with E-state index in [0.29, 0.717) is 28.7 Å². The van der Waals surface area contributed by atoms with Crippen LogP contribution < -0.4 is 11.0 Å². The summed E-state index contributed by atoms with van der Waals surface area (Å²) in [5.74, 6) is 0.276. The molecule has 1 saturated carbocycles. The van der Waals surface area contributed by atoms with E-state index in [1.807, 2.05) is 30.3 Å². The van der Waals surface area contributed by atoms with Crippen molar-refractivity contribution in [3.8, 4) is 0 Å². The van der Waals surface area contributed by atoms with E-state index in [4.69, 9.17) is 0 Å². The Balaban J connectivity index is 1.59. The zero-order chi connectivity index (χ0) is 22.7. The lowest BCUT2D eigenvalue weighted by molar-refractivity contribution is 0.0948. The summed E-state index contributed by atoms with van der Waals surface area (Å²) in [6, 6.07) is 16.7. The van der Waals surface area contributed by atoms with Crippen molar-refractivity contribution >= 4 is 22.4 Å². The SMILES string of the molecule is CC(C)(C)C1CCC(=NNC(=O)c2nn(Cc3ccccc3)c(=O)c3ccccc23)CC1. The Kier molecular flexibility index (Phi) is 6.21. The number of rotatable bonds is 4. The van der Waals surface area contributed by atoms with E-state index in [-0.39, 0.29) is 11.3 Å². The van der Waals surface area contributed by atoms with Crippen molar-refractivity contribution in [1.82, 2.24) is 15.2 Å². The topological polar surface area (TPSA) is 76.3 Å². The molecule has 1 aliphatic rings. The van der Waals surface area contributed by atoms with E-state index >= 15 is 0 Å². The molecular weight excluding hydrogens is 400 g/mol. The minimum Gasteiger partial charge on any atom is -0.267 e. The van der Waals surface area contributed by atoms with Crippen LogP contribution in [0.4, 0.5) is 0 Å². The summed E-state index contributed by atoms with van der Waals surface area (Å²) in [4.78, 5) is 26.0. The van der Waals surface area contributed by atoms with Crippen LogP contribution in [0.2, 0.25) is 0 Å². The van der Waals surface area contributed by atoms with Crippen LogP contribution >= 0.6 is 0 Å². The molecular formula is C26H30N4O2. The molecule has 0 spiro atoms. The number of aromatic nitrogens is 2. The van der Waals surface area contributed by atoms with Gasteiger partial charge in [0, 0.05) is 11.1 Å². The van der Waals surface area contributed by atoms with Gasteiger partial charge in [0.25, 0.3) is 11.5 Å². The van der Waals surface area contributed by atoms with Crippen LogP contribution in [0, 0.1) is 11.3 Å². The van der Waals surface area contributed by atoms with Crippen LogP contribution in [0.3, 0.4) is 0 Å². The second-order valence-corrected chi connectivity index (χ2v) is 9.60. The van der Waals surface area contributed by atoms with Crippen molar-refractivity contribution in [3.63, 3.8) is 0 Å². The van der Waals surface area contributed by atoms with Crippen molar-refractivity contribution in [3.05, 3.63) is 76.2 Å². The first-order valence-corrected chi connectivity index (χ1v) is 11.2. The van der Waals surface area contributed by atoms with Gasteiger partial charge >= 0.3 is 0 Å². The lowest BCUT2D eigenvalue weighted by Crippen LogP contribution is -2.30. The third kappa shape index (κ3) is 4.79. The monoisotopic (exact) mass is 430 g/mol. The van der Waals surface area contributed by atoms with Crippen molar-refractivity contribution in [2.24, 2.45) is 16.4 Å². The first-order chi connectivity index (χ1) is 15.3. The normalized spacial score (nSPS) is 16.7. The Bertz CT molecular complexity index is 1200. The molecule has 0 saturated heterocycles. The van der Waals surface area contributed by atoms with Crippen LogP contribution in [0.15, 0.2) is 64.5 Å². The molecule has 1 aliphatic carbocycles. The molecule has 1 amide bonds. The van der Waals surface area contributed by atoms with Gasteiger partial charge in [-0.3, -0.25) is 9.59 Å². The highest BCUT2D eigenvalue weighted by atomic mass is 16.2. The molecule has 6 nitrogen and oxygen atoms in total. The number of carbonyl (C=O) groups excluding carboxylic acids is 1. The quantitative estimate of drug-likeness (QED) is 0.606. The number of hydrogen-bond acceptors (Lipinski definition) is 4. The van der Waals surface area contributed by atoms with E-state index in [1.165, 1.54) is 4.68 Å². The molecule has 4 rings (SSSR count). The summed E-state index contributed by atoms with van der Waals surface area (Å²) in [5, 5.41) is 9.85. The second kappa shape index (κ2) is 9.07. The number of hydrazone groups is 1. The fourth-order valence-corrected chi connectivity index (χ4v) is 4.38.